The maximum Gasteiger partial charge on any atom is 0.151 e. The fourth-order valence-corrected chi connectivity index (χ4v) is 2.14. The highest BCUT2D eigenvalue weighted by molar-refractivity contribution is 6.35. The van der Waals surface area contributed by atoms with E-state index >= 15 is 0 Å². The fraction of sp³-hybridized carbons (Fsp3) is 0.0769. The lowest BCUT2D eigenvalue weighted by molar-refractivity contribution is 0.276. The molecule has 1 N–H and O–H groups in total. The Balaban J connectivity index is 2.39. The van der Waals surface area contributed by atoms with Gasteiger partial charge in [-0.3, -0.25) is 0 Å². The van der Waals surface area contributed by atoms with E-state index in [2.05, 4.69) is 0 Å². The molecule has 18 heavy (non-hydrogen) atoms. The molecule has 2 rings (SSSR count). The van der Waals surface area contributed by atoms with Crippen LogP contribution < -0.4 is 4.74 Å². The van der Waals surface area contributed by atoms with Gasteiger partial charge in [-0.25, -0.2) is 0 Å². The maximum atomic E-state index is 9.24. The van der Waals surface area contributed by atoms with Crippen molar-refractivity contribution in [3.05, 3.63) is 57.0 Å². The topological polar surface area (TPSA) is 29.5 Å². The summed E-state index contributed by atoms with van der Waals surface area (Å²) in [7, 11) is 0. The number of rotatable bonds is 3. The summed E-state index contributed by atoms with van der Waals surface area (Å²) in [4.78, 5) is 0. The number of hydrogen-bond donors (Lipinski definition) is 1. The second-order valence-corrected chi connectivity index (χ2v) is 4.81. The smallest absolute Gasteiger partial charge is 0.151 e. The normalized spacial score (nSPS) is 10.4. The van der Waals surface area contributed by atoms with Gasteiger partial charge in [0.15, 0.2) is 5.75 Å². The van der Waals surface area contributed by atoms with Crippen molar-refractivity contribution < 1.29 is 9.84 Å². The first-order chi connectivity index (χ1) is 8.61. The monoisotopic (exact) mass is 302 g/mol. The van der Waals surface area contributed by atoms with Crippen LogP contribution in [0.1, 0.15) is 5.56 Å². The molecule has 0 radical (unpaired) electrons. The molecule has 2 aromatic rings. The Hall–Kier alpha value is -0.930. The molecular formula is C13H9Cl3O2. The summed E-state index contributed by atoms with van der Waals surface area (Å²) in [6.07, 6.45) is 0. The van der Waals surface area contributed by atoms with Gasteiger partial charge in [-0.15, -0.1) is 0 Å². The highest BCUT2D eigenvalue weighted by Gasteiger charge is 2.11. The van der Waals surface area contributed by atoms with Gasteiger partial charge in [0.2, 0.25) is 0 Å². The molecule has 0 aliphatic carbocycles. The zero-order valence-electron chi connectivity index (χ0n) is 9.16. The van der Waals surface area contributed by atoms with Crippen LogP contribution in [0.5, 0.6) is 11.5 Å². The lowest BCUT2D eigenvalue weighted by atomic mass is 10.2. The van der Waals surface area contributed by atoms with E-state index in [1.165, 1.54) is 0 Å². The molecule has 0 fully saturated rings. The van der Waals surface area contributed by atoms with E-state index in [-0.39, 0.29) is 6.61 Å². The SMILES string of the molecule is OCc1cccc(Cl)c1Oc1ccc(Cl)cc1Cl. The third-order valence-corrected chi connectivity index (χ3v) is 3.15. The van der Waals surface area contributed by atoms with E-state index in [0.29, 0.717) is 32.1 Å². The average molecular weight is 304 g/mol. The van der Waals surface area contributed by atoms with Crippen LogP contribution in [0.25, 0.3) is 0 Å². The molecule has 0 saturated carbocycles. The first kappa shape index (κ1) is 13.5. The van der Waals surface area contributed by atoms with Gasteiger partial charge in [0.1, 0.15) is 5.75 Å². The van der Waals surface area contributed by atoms with Gasteiger partial charge >= 0.3 is 0 Å². The van der Waals surface area contributed by atoms with Gasteiger partial charge in [-0.2, -0.15) is 0 Å². The van der Waals surface area contributed by atoms with Gasteiger partial charge in [0.05, 0.1) is 16.7 Å². The van der Waals surface area contributed by atoms with Crippen molar-refractivity contribution >= 4 is 34.8 Å². The molecule has 5 heteroatoms. The maximum absolute atomic E-state index is 9.24. The fourth-order valence-electron chi connectivity index (χ4n) is 1.46. The van der Waals surface area contributed by atoms with Crippen molar-refractivity contribution in [1.82, 2.24) is 0 Å². The van der Waals surface area contributed by atoms with E-state index in [1.807, 2.05) is 0 Å². The summed E-state index contributed by atoms with van der Waals surface area (Å²) in [5, 5.41) is 10.6. The molecular weight excluding hydrogens is 294 g/mol. The van der Waals surface area contributed by atoms with Crippen LogP contribution in [-0.2, 0) is 6.61 Å². The van der Waals surface area contributed by atoms with Crippen molar-refractivity contribution in [2.45, 2.75) is 6.61 Å². The third kappa shape index (κ3) is 2.90. The Bertz CT molecular complexity index is 570. The highest BCUT2D eigenvalue weighted by Crippen LogP contribution is 2.37. The first-order valence-corrected chi connectivity index (χ1v) is 6.26. The zero-order chi connectivity index (χ0) is 13.1. The molecule has 0 amide bonds. The minimum atomic E-state index is -0.166. The number of aliphatic hydroxyl groups excluding tert-OH is 1. The van der Waals surface area contributed by atoms with Crippen LogP contribution in [0.15, 0.2) is 36.4 Å². The number of ether oxygens (including phenoxy) is 1. The average Bonchev–Trinajstić information content (AvgIpc) is 2.34. The summed E-state index contributed by atoms with van der Waals surface area (Å²) in [6, 6.07) is 10.0. The summed E-state index contributed by atoms with van der Waals surface area (Å²) in [5.74, 6) is 0.828. The quantitative estimate of drug-likeness (QED) is 0.871. The minimum absolute atomic E-state index is 0.166. The van der Waals surface area contributed by atoms with Crippen LogP contribution >= 0.6 is 34.8 Å². The molecule has 0 bridgehead atoms. The van der Waals surface area contributed by atoms with E-state index in [0.717, 1.165) is 0 Å². The highest BCUT2D eigenvalue weighted by atomic mass is 35.5. The predicted molar refractivity (Wildman–Crippen MR) is 73.9 cm³/mol. The largest absolute Gasteiger partial charge is 0.454 e. The summed E-state index contributed by atoms with van der Waals surface area (Å²) < 4.78 is 5.63. The van der Waals surface area contributed by atoms with Gasteiger partial charge in [0, 0.05) is 10.6 Å². The van der Waals surface area contributed by atoms with Gasteiger partial charge in [0.25, 0.3) is 0 Å². The van der Waals surface area contributed by atoms with Gasteiger partial charge < -0.3 is 9.84 Å². The van der Waals surface area contributed by atoms with Crippen molar-refractivity contribution in [2.24, 2.45) is 0 Å². The van der Waals surface area contributed by atoms with Crippen molar-refractivity contribution in [3.8, 4) is 11.5 Å². The number of hydrogen-bond acceptors (Lipinski definition) is 2. The lowest BCUT2D eigenvalue weighted by Crippen LogP contribution is -1.93. The van der Waals surface area contributed by atoms with Gasteiger partial charge in [-0.1, -0.05) is 46.9 Å². The van der Waals surface area contributed by atoms with Crippen LogP contribution in [-0.4, -0.2) is 5.11 Å². The standard InChI is InChI=1S/C13H9Cl3O2/c14-9-4-5-12(11(16)6-9)18-13-8(7-17)2-1-3-10(13)15/h1-6,17H,7H2. The second kappa shape index (κ2) is 5.81. The molecule has 0 heterocycles. The lowest BCUT2D eigenvalue weighted by Gasteiger charge is -2.12. The number of benzene rings is 2. The van der Waals surface area contributed by atoms with Crippen LogP contribution in [0.4, 0.5) is 0 Å². The zero-order valence-corrected chi connectivity index (χ0v) is 11.4. The Morgan fingerprint density at radius 3 is 2.44 bits per heavy atom. The Morgan fingerprint density at radius 1 is 1.00 bits per heavy atom. The van der Waals surface area contributed by atoms with Crippen LogP contribution in [0, 0.1) is 0 Å². The Morgan fingerprint density at radius 2 is 1.78 bits per heavy atom. The molecule has 0 aromatic heterocycles. The van der Waals surface area contributed by atoms with Crippen molar-refractivity contribution in [3.63, 3.8) is 0 Å². The molecule has 0 unspecified atom stereocenters. The third-order valence-electron chi connectivity index (χ3n) is 2.32. The summed E-state index contributed by atoms with van der Waals surface area (Å²) >= 11 is 17.9. The molecule has 2 aromatic carbocycles. The summed E-state index contributed by atoms with van der Waals surface area (Å²) in [6.45, 7) is -0.166. The minimum Gasteiger partial charge on any atom is -0.454 e. The number of aliphatic hydroxyl groups is 1. The predicted octanol–water partition coefficient (Wildman–Crippen LogP) is 4.93. The van der Waals surface area contributed by atoms with Crippen LogP contribution in [0.3, 0.4) is 0 Å². The van der Waals surface area contributed by atoms with Gasteiger partial charge in [-0.05, 0) is 24.3 Å². The summed E-state index contributed by atoms with van der Waals surface area (Å²) in [5.41, 5.74) is 0.591. The molecule has 0 aliphatic heterocycles. The number of para-hydroxylation sites is 1. The van der Waals surface area contributed by atoms with Crippen LogP contribution in [0.2, 0.25) is 15.1 Å². The molecule has 0 atom stereocenters. The molecule has 94 valence electrons. The first-order valence-electron chi connectivity index (χ1n) is 5.13. The van der Waals surface area contributed by atoms with E-state index in [1.54, 1.807) is 36.4 Å². The van der Waals surface area contributed by atoms with Crippen molar-refractivity contribution in [1.29, 1.82) is 0 Å². The Labute approximate surface area is 120 Å². The number of halogens is 3. The molecule has 0 aliphatic rings. The Kier molecular flexibility index (Phi) is 4.36. The molecule has 0 spiro atoms. The van der Waals surface area contributed by atoms with E-state index in [4.69, 9.17) is 39.5 Å². The van der Waals surface area contributed by atoms with Crippen molar-refractivity contribution in [2.75, 3.05) is 0 Å². The molecule has 2 nitrogen and oxygen atoms in total. The van der Waals surface area contributed by atoms with E-state index < -0.39 is 0 Å². The second-order valence-electron chi connectivity index (χ2n) is 3.56. The molecule has 0 saturated heterocycles. The van der Waals surface area contributed by atoms with E-state index in [9.17, 15) is 5.11 Å².